The minimum absolute atomic E-state index is 0.250. The van der Waals surface area contributed by atoms with E-state index >= 15 is 0 Å². The normalized spacial score (nSPS) is 22.9. The summed E-state index contributed by atoms with van der Waals surface area (Å²) in [6, 6.07) is 6.45. The summed E-state index contributed by atoms with van der Waals surface area (Å²) in [5.41, 5.74) is 4.76. The molecule has 0 unspecified atom stereocenters. The smallest absolute Gasteiger partial charge is 0.322 e. The Kier molecular flexibility index (Phi) is 3.51. The van der Waals surface area contributed by atoms with Gasteiger partial charge in [0.1, 0.15) is 0 Å². The van der Waals surface area contributed by atoms with Crippen molar-refractivity contribution in [3.05, 3.63) is 41.6 Å². The lowest BCUT2D eigenvalue weighted by Gasteiger charge is -2.39. The zero-order valence-corrected chi connectivity index (χ0v) is 14.3. The van der Waals surface area contributed by atoms with Crippen molar-refractivity contribution in [2.75, 3.05) is 20.6 Å². The van der Waals surface area contributed by atoms with Crippen LogP contribution in [0.4, 0.5) is 4.79 Å². The summed E-state index contributed by atoms with van der Waals surface area (Å²) in [6.07, 6.45) is 5.02. The van der Waals surface area contributed by atoms with E-state index in [0.717, 1.165) is 22.4 Å². The Morgan fingerprint density at radius 2 is 2.17 bits per heavy atom. The van der Waals surface area contributed by atoms with Crippen molar-refractivity contribution in [2.45, 2.75) is 12.5 Å². The van der Waals surface area contributed by atoms with E-state index in [0.29, 0.717) is 6.54 Å². The van der Waals surface area contributed by atoms with Crippen molar-refractivity contribution in [3.8, 4) is 0 Å². The Morgan fingerprint density at radius 3 is 2.92 bits per heavy atom. The molecule has 1 aliphatic heterocycles. The number of carbonyl (C=O) groups excluding carboxylic acids is 2. The Bertz CT molecular complexity index is 886. The number of imide groups is 1. The van der Waals surface area contributed by atoms with Gasteiger partial charge in [-0.2, -0.15) is 0 Å². The van der Waals surface area contributed by atoms with E-state index in [9.17, 15) is 9.59 Å². The van der Waals surface area contributed by atoms with Gasteiger partial charge >= 0.3 is 5.37 Å². The summed E-state index contributed by atoms with van der Waals surface area (Å²) in [4.78, 5) is 30.4. The average Bonchev–Trinajstić information content (AvgIpc) is 2.99. The highest BCUT2D eigenvalue weighted by Gasteiger charge is 2.36. The van der Waals surface area contributed by atoms with Gasteiger partial charge in [0.05, 0.1) is 5.92 Å². The highest BCUT2D eigenvalue weighted by Crippen LogP contribution is 2.40. The van der Waals surface area contributed by atoms with Crippen molar-refractivity contribution >= 4 is 39.4 Å². The zero-order valence-electron chi connectivity index (χ0n) is 13.5. The second-order valence-electron chi connectivity index (χ2n) is 6.58. The van der Waals surface area contributed by atoms with Crippen LogP contribution in [0.15, 0.2) is 30.5 Å². The largest absolute Gasteiger partial charge is 0.361 e. The molecular formula is C18H18ClN3O2. The van der Waals surface area contributed by atoms with E-state index in [1.54, 1.807) is 0 Å². The van der Waals surface area contributed by atoms with Gasteiger partial charge < -0.3 is 4.98 Å². The Hall–Kier alpha value is -2.11. The molecule has 0 bridgehead atoms. The number of aromatic amines is 1. The van der Waals surface area contributed by atoms with Crippen LogP contribution in [0.3, 0.4) is 0 Å². The number of nitrogens with zero attached hydrogens (tertiary/aromatic N) is 2. The fourth-order valence-corrected chi connectivity index (χ4v) is 4.02. The number of hydrogen-bond donors (Lipinski definition) is 1. The van der Waals surface area contributed by atoms with Crippen LogP contribution >= 0.6 is 11.6 Å². The van der Waals surface area contributed by atoms with E-state index in [1.165, 1.54) is 23.6 Å². The van der Waals surface area contributed by atoms with Crippen LogP contribution in [0.1, 0.15) is 11.1 Å². The summed E-state index contributed by atoms with van der Waals surface area (Å²) >= 11 is 5.46. The van der Waals surface area contributed by atoms with Crippen molar-refractivity contribution in [1.82, 2.24) is 14.8 Å². The molecule has 2 amide bonds. The summed E-state index contributed by atoms with van der Waals surface area (Å²) in [5, 5.41) is 0.491. The second-order valence-corrected chi connectivity index (χ2v) is 6.90. The van der Waals surface area contributed by atoms with Crippen LogP contribution in [0.5, 0.6) is 0 Å². The Labute approximate surface area is 144 Å². The average molecular weight is 344 g/mol. The molecule has 0 saturated carbocycles. The van der Waals surface area contributed by atoms with E-state index in [4.69, 9.17) is 11.6 Å². The predicted molar refractivity (Wildman–Crippen MR) is 93.9 cm³/mol. The summed E-state index contributed by atoms with van der Waals surface area (Å²) in [6.45, 7) is 0.581. The molecule has 24 heavy (non-hydrogen) atoms. The number of H-pyrrole nitrogens is 1. The summed E-state index contributed by atoms with van der Waals surface area (Å²) in [7, 11) is 3.45. The number of halogens is 1. The Morgan fingerprint density at radius 1 is 1.38 bits per heavy atom. The van der Waals surface area contributed by atoms with Crippen molar-refractivity contribution in [2.24, 2.45) is 5.92 Å². The topological polar surface area (TPSA) is 56.4 Å². The molecule has 2 heterocycles. The molecule has 0 fully saturated rings. The molecule has 4 rings (SSSR count). The predicted octanol–water partition coefficient (Wildman–Crippen LogP) is 2.85. The maximum absolute atomic E-state index is 12.5. The number of likely N-dealkylation sites (N-methyl/N-ethyl adjacent to an activating group) is 1. The van der Waals surface area contributed by atoms with Gasteiger partial charge in [0.15, 0.2) is 0 Å². The van der Waals surface area contributed by atoms with Gasteiger partial charge in [-0.05, 0) is 47.8 Å². The quantitative estimate of drug-likeness (QED) is 0.640. The molecule has 1 N–H and O–H groups in total. The molecular weight excluding hydrogens is 326 g/mol. The number of aromatic nitrogens is 1. The Balaban J connectivity index is 1.82. The fraction of sp³-hybridized carbons (Fsp3) is 0.333. The van der Waals surface area contributed by atoms with Crippen LogP contribution in [0, 0.1) is 5.92 Å². The van der Waals surface area contributed by atoms with Crippen molar-refractivity contribution in [3.63, 3.8) is 0 Å². The molecule has 5 nitrogen and oxygen atoms in total. The first-order valence-corrected chi connectivity index (χ1v) is 8.33. The van der Waals surface area contributed by atoms with Gasteiger partial charge in [0.25, 0.3) is 0 Å². The molecule has 1 aromatic heterocycles. The maximum atomic E-state index is 12.5. The molecule has 1 aromatic carbocycles. The van der Waals surface area contributed by atoms with Crippen LogP contribution in [0.25, 0.3) is 16.5 Å². The lowest BCUT2D eigenvalue weighted by atomic mass is 9.79. The third kappa shape index (κ3) is 2.19. The number of fused-ring (bicyclic) bond motifs is 2. The van der Waals surface area contributed by atoms with Crippen LogP contribution < -0.4 is 0 Å². The van der Waals surface area contributed by atoms with Gasteiger partial charge in [-0.25, -0.2) is 0 Å². The number of benzene rings is 1. The lowest BCUT2D eigenvalue weighted by molar-refractivity contribution is -0.130. The first kappa shape index (κ1) is 15.4. The third-order valence-corrected chi connectivity index (χ3v) is 5.43. The van der Waals surface area contributed by atoms with Gasteiger partial charge in [-0.1, -0.05) is 18.2 Å². The molecule has 0 spiro atoms. The first-order valence-electron chi connectivity index (χ1n) is 7.95. The highest BCUT2D eigenvalue weighted by molar-refractivity contribution is 6.64. The van der Waals surface area contributed by atoms with Gasteiger partial charge in [0.2, 0.25) is 5.91 Å². The summed E-state index contributed by atoms with van der Waals surface area (Å²) < 4.78 is 0. The molecule has 2 aliphatic rings. The number of hydrogen-bond acceptors (Lipinski definition) is 3. The van der Waals surface area contributed by atoms with E-state index < -0.39 is 5.37 Å². The number of carbonyl (C=O) groups is 2. The third-order valence-electron chi connectivity index (χ3n) is 5.18. The monoisotopic (exact) mass is 343 g/mol. The molecule has 0 radical (unpaired) electrons. The van der Waals surface area contributed by atoms with Crippen LogP contribution in [-0.4, -0.2) is 52.7 Å². The van der Waals surface area contributed by atoms with Crippen LogP contribution in [-0.2, 0) is 11.2 Å². The SMILES string of the molecule is CN(C(=O)Cl)C(=O)[C@@H]1C=C2c3cccc4[nH]cc(c34)C[C@H]2N(C)C1. The van der Waals surface area contributed by atoms with E-state index in [1.807, 2.05) is 19.2 Å². The van der Waals surface area contributed by atoms with Crippen LogP contribution in [0.2, 0.25) is 0 Å². The van der Waals surface area contributed by atoms with Gasteiger partial charge in [-0.15, -0.1) is 0 Å². The number of amides is 2. The molecule has 2 atom stereocenters. The fourth-order valence-electron chi connectivity index (χ4n) is 3.94. The maximum Gasteiger partial charge on any atom is 0.322 e. The minimum atomic E-state index is -0.748. The molecule has 1 aliphatic carbocycles. The first-order chi connectivity index (χ1) is 11.5. The van der Waals surface area contributed by atoms with Crippen molar-refractivity contribution in [1.29, 1.82) is 0 Å². The molecule has 124 valence electrons. The molecule has 0 saturated heterocycles. The van der Waals surface area contributed by atoms with Gasteiger partial charge in [0, 0.05) is 36.7 Å². The van der Waals surface area contributed by atoms with E-state index in [-0.39, 0.29) is 17.9 Å². The van der Waals surface area contributed by atoms with E-state index in [2.05, 4.69) is 28.2 Å². The number of rotatable bonds is 1. The zero-order chi connectivity index (χ0) is 17.0. The standard InChI is InChI=1S/C18H18ClN3O2/c1-21-9-11(17(23)22(2)18(19)24)6-13-12-4-3-5-14-16(12)10(8-20-14)7-15(13)21/h3-6,8,11,15,20H,7,9H2,1-2H3/t11-,15-/m1/s1. The second kappa shape index (κ2) is 5.46. The van der Waals surface area contributed by atoms with Gasteiger partial charge in [-0.3, -0.25) is 19.4 Å². The van der Waals surface area contributed by atoms with Crippen molar-refractivity contribution < 1.29 is 9.59 Å². The lowest BCUT2D eigenvalue weighted by Crippen LogP contribution is -2.47. The minimum Gasteiger partial charge on any atom is -0.361 e. The molecule has 6 heteroatoms. The molecule has 2 aromatic rings. The number of nitrogens with one attached hydrogen (secondary N) is 1. The highest BCUT2D eigenvalue weighted by atomic mass is 35.5. The summed E-state index contributed by atoms with van der Waals surface area (Å²) in [5.74, 6) is -0.635.